The molecule has 3 rings (SSSR count). The average molecular weight is 345 g/mol. The van der Waals surface area contributed by atoms with Crippen LogP contribution in [-0.4, -0.2) is 58.0 Å². The van der Waals surface area contributed by atoms with Crippen molar-refractivity contribution in [2.24, 2.45) is 0 Å². The zero-order valence-corrected chi connectivity index (χ0v) is 14.4. The van der Waals surface area contributed by atoms with E-state index in [1.807, 2.05) is 30.3 Å². The predicted octanol–water partition coefficient (Wildman–Crippen LogP) is 1.14. The topological polar surface area (TPSA) is 88.7 Å². The van der Waals surface area contributed by atoms with Crippen LogP contribution in [0.4, 0.5) is 0 Å². The van der Waals surface area contributed by atoms with Crippen molar-refractivity contribution in [2.75, 3.05) is 26.3 Å². The molecule has 0 bridgehead atoms. The summed E-state index contributed by atoms with van der Waals surface area (Å²) in [5, 5.41) is 13.6. The number of aliphatic hydroxyl groups is 1. The van der Waals surface area contributed by atoms with Crippen molar-refractivity contribution < 1.29 is 19.2 Å². The number of morpholine rings is 1. The number of carbonyl (C=O) groups excluding carboxylic acids is 1. The third-order valence-corrected chi connectivity index (χ3v) is 4.38. The van der Waals surface area contributed by atoms with E-state index in [0.29, 0.717) is 50.7 Å². The first kappa shape index (κ1) is 17.6. The Labute approximate surface area is 146 Å². The summed E-state index contributed by atoms with van der Waals surface area (Å²) in [4.78, 5) is 18.4. The number of carbonyl (C=O) groups is 1. The van der Waals surface area contributed by atoms with E-state index in [4.69, 9.17) is 9.26 Å². The van der Waals surface area contributed by atoms with Crippen molar-refractivity contribution in [3.8, 4) is 0 Å². The Hall–Kier alpha value is -2.25. The molecule has 1 aromatic heterocycles. The first-order valence-corrected chi connectivity index (χ1v) is 8.46. The monoisotopic (exact) mass is 345 g/mol. The number of hydrogen-bond donors (Lipinski definition) is 1. The second kappa shape index (κ2) is 7.76. The zero-order valence-electron chi connectivity index (χ0n) is 14.4. The van der Waals surface area contributed by atoms with Crippen LogP contribution in [0.5, 0.6) is 0 Å². The molecule has 1 aliphatic heterocycles. The lowest BCUT2D eigenvalue weighted by Crippen LogP contribution is -2.56. The van der Waals surface area contributed by atoms with E-state index in [0.717, 1.165) is 5.56 Å². The third-order valence-electron chi connectivity index (χ3n) is 4.38. The second-order valence-electron chi connectivity index (χ2n) is 6.40. The molecule has 0 aliphatic carbocycles. The molecule has 1 atom stereocenters. The van der Waals surface area contributed by atoms with Crippen LogP contribution in [0.2, 0.25) is 0 Å². The Morgan fingerprint density at radius 2 is 2.16 bits per heavy atom. The van der Waals surface area contributed by atoms with E-state index in [-0.39, 0.29) is 12.5 Å². The van der Waals surface area contributed by atoms with Crippen LogP contribution in [-0.2, 0) is 22.4 Å². The van der Waals surface area contributed by atoms with E-state index < -0.39 is 5.60 Å². The SMILES string of the molecule is Cc1noc(CCC(=O)N2CCOC(CO)(Cc3ccccc3)C2)n1. The molecule has 7 heteroatoms. The number of ether oxygens (including phenoxy) is 1. The van der Waals surface area contributed by atoms with Gasteiger partial charge in [0.1, 0.15) is 5.60 Å². The van der Waals surface area contributed by atoms with Crippen LogP contribution in [0.15, 0.2) is 34.9 Å². The molecule has 0 spiro atoms. The van der Waals surface area contributed by atoms with Crippen LogP contribution in [0.1, 0.15) is 23.7 Å². The molecule has 2 heterocycles. The number of aliphatic hydroxyl groups excluding tert-OH is 1. The lowest BCUT2D eigenvalue weighted by molar-refractivity contribution is -0.158. The Balaban J connectivity index is 1.61. The van der Waals surface area contributed by atoms with Crippen molar-refractivity contribution in [1.82, 2.24) is 15.0 Å². The molecule has 1 fully saturated rings. The van der Waals surface area contributed by atoms with Crippen LogP contribution in [0, 0.1) is 6.92 Å². The van der Waals surface area contributed by atoms with Gasteiger partial charge < -0.3 is 19.3 Å². The van der Waals surface area contributed by atoms with Gasteiger partial charge in [-0.15, -0.1) is 0 Å². The van der Waals surface area contributed by atoms with Crippen molar-refractivity contribution in [1.29, 1.82) is 0 Å². The summed E-state index contributed by atoms with van der Waals surface area (Å²) in [6, 6.07) is 9.86. The van der Waals surface area contributed by atoms with Gasteiger partial charge in [-0.05, 0) is 12.5 Å². The van der Waals surface area contributed by atoms with E-state index in [1.54, 1.807) is 11.8 Å². The van der Waals surface area contributed by atoms with Gasteiger partial charge in [0, 0.05) is 25.8 Å². The van der Waals surface area contributed by atoms with Crippen LogP contribution in [0.3, 0.4) is 0 Å². The molecule has 1 unspecified atom stereocenters. The van der Waals surface area contributed by atoms with Crippen molar-refractivity contribution in [2.45, 2.75) is 31.8 Å². The average Bonchev–Trinajstić information content (AvgIpc) is 3.06. The molecule has 25 heavy (non-hydrogen) atoms. The lowest BCUT2D eigenvalue weighted by Gasteiger charge is -2.42. The number of benzene rings is 1. The molecule has 1 N–H and O–H groups in total. The van der Waals surface area contributed by atoms with Crippen molar-refractivity contribution in [3.63, 3.8) is 0 Å². The molecule has 0 saturated carbocycles. The minimum Gasteiger partial charge on any atom is -0.393 e. The largest absolute Gasteiger partial charge is 0.393 e. The molecular weight excluding hydrogens is 322 g/mol. The molecule has 1 aromatic carbocycles. The number of nitrogens with zero attached hydrogens (tertiary/aromatic N) is 3. The van der Waals surface area contributed by atoms with Gasteiger partial charge in [-0.1, -0.05) is 35.5 Å². The summed E-state index contributed by atoms with van der Waals surface area (Å²) in [5.41, 5.74) is 0.322. The number of aryl methyl sites for hydroxylation is 2. The van der Waals surface area contributed by atoms with E-state index >= 15 is 0 Å². The van der Waals surface area contributed by atoms with Crippen molar-refractivity contribution >= 4 is 5.91 Å². The summed E-state index contributed by atoms with van der Waals surface area (Å²) in [7, 11) is 0. The van der Waals surface area contributed by atoms with Gasteiger partial charge in [0.15, 0.2) is 5.82 Å². The predicted molar refractivity (Wildman–Crippen MR) is 89.9 cm³/mol. The summed E-state index contributed by atoms with van der Waals surface area (Å²) in [5.74, 6) is 1.04. The summed E-state index contributed by atoms with van der Waals surface area (Å²) in [6.45, 7) is 2.93. The quantitative estimate of drug-likeness (QED) is 0.845. The molecule has 1 amide bonds. The molecule has 2 aromatic rings. The van der Waals surface area contributed by atoms with Gasteiger partial charge in [-0.25, -0.2) is 0 Å². The Morgan fingerprint density at radius 3 is 2.84 bits per heavy atom. The molecular formula is C18H23N3O4. The highest BCUT2D eigenvalue weighted by Crippen LogP contribution is 2.23. The second-order valence-corrected chi connectivity index (χ2v) is 6.40. The Morgan fingerprint density at radius 1 is 1.36 bits per heavy atom. The van der Waals surface area contributed by atoms with Gasteiger partial charge in [0.2, 0.25) is 11.8 Å². The molecule has 0 radical (unpaired) electrons. The van der Waals surface area contributed by atoms with Gasteiger partial charge in [-0.3, -0.25) is 4.79 Å². The normalized spacial score (nSPS) is 20.6. The minimum atomic E-state index is -0.754. The van der Waals surface area contributed by atoms with Gasteiger partial charge >= 0.3 is 0 Å². The molecule has 1 saturated heterocycles. The summed E-state index contributed by atoms with van der Waals surface area (Å²) >= 11 is 0. The highest BCUT2D eigenvalue weighted by molar-refractivity contribution is 5.76. The fraction of sp³-hybridized carbons (Fsp3) is 0.500. The fourth-order valence-electron chi connectivity index (χ4n) is 3.10. The van der Waals surface area contributed by atoms with Crippen LogP contribution < -0.4 is 0 Å². The Kier molecular flexibility index (Phi) is 5.45. The van der Waals surface area contributed by atoms with Crippen LogP contribution >= 0.6 is 0 Å². The van der Waals surface area contributed by atoms with E-state index in [9.17, 15) is 9.90 Å². The minimum absolute atomic E-state index is 0.00467. The van der Waals surface area contributed by atoms with Gasteiger partial charge in [0.25, 0.3) is 0 Å². The summed E-state index contributed by atoms with van der Waals surface area (Å²) < 4.78 is 10.9. The highest BCUT2D eigenvalue weighted by atomic mass is 16.5. The van der Waals surface area contributed by atoms with Crippen LogP contribution in [0.25, 0.3) is 0 Å². The van der Waals surface area contributed by atoms with Crippen molar-refractivity contribution in [3.05, 3.63) is 47.6 Å². The third kappa shape index (κ3) is 4.43. The fourth-order valence-corrected chi connectivity index (χ4v) is 3.10. The number of aromatic nitrogens is 2. The zero-order chi connectivity index (χ0) is 17.7. The first-order chi connectivity index (χ1) is 12.1. The van der Waals surface area contributed by atoms with E-state index in [2.05, 4.69) is 10.1 Å². The Bertz CT molecular complexity index is 703. The standard InChI is InChI=1S/C18H23N3O4/c1-14-19-16(25-20-14)7-8-17(23)21-9-10-24-18(12-21,13-22)11-15-5-3-2-4-6-15/h2-6,22H,7-13H2,1H3. The summed E-state index contributed by atoms with van der Waals surface area (Å²) in [6.07, 6.45) is 1.29. The maximum atomic E-state index is 12.5. The molecule has 134 valence electrons. The maximum absolute atomic E-state index is 12.5. The molecule has 1 aliphatic rings. The van der Waals surface area contributed by atoms with Gasteiger partial charge in [-0.2, -0.15) is 4.98 Å². The van der Waals surface area contributed by atoms with Gasteiger partial charge in [0.05, 0.1) is 19.8 Å². The number of amides is 1. The lowest BCUT2D eigenvalue weighted by atomic mass is 9.93. The van der Waals surface area contributed by atoms with E-state index in [1.165, 1.54) is 0 Å². The smallest absolute Gasteiger partial charge is 0.227 e. The number of hydrogen-bond acceptors (Lipinski definition) is 6. The molecule has 7 nitrogen and oxygen atoms in total. The maximum Gasteiger partial charge on any atom is 0.227 e. The first-order valence-electron chi connectivity index (χ1n) is 8.46. The number of rotatable bonds is 6. The highest BCUT2D eigenvalue weighted by Gasteiger charge is 2.38.